The molecule has 1 N–H and O–H groups in total. The number of thioether (sulfide) groups is 1. The Morgan fingerprint density at radius 1 is 1.16 bits per heavy atom. The Balaban J connectivity index is 2.16. The van der Waals surface area contributed by atoms with Crippen LogP contribution < -0.4 is 5.43 Å². The van der Waals surface area contributed by atoms with Crippen LogP contribution in [0.1, 0.15) is 5.56 Å². The highest BCUT2D eigenvalue weighted by molar-refractivity contribution is 7.98. The van der Waals surface area contributed by atoms with Crippen LogP contribution in [-0.2, 0) is 0 Å². The Morgan fingerprint density at radius 3 is 2.58 bits per heavy atom. The third-order valence-electron chi connectivity index (χ3n) is 2.40. The van der Waals surface area contributed by atoms with Gasteiger partial charge in [0.1, 0.15) is 0 Å². The van der Waals surface area contributed by atoms with Gasteiger partial charge in [0.25, 0.3) is 0 Å². The van der Waals surface area contributed by atoms with Gasteiger partial charge in [0.2, 0.25) is 0 Å². The lowest BCUT2D eigenvalue weighted by Crippen LogP contribution is -1.97. The number of anilines is 1. The minimum Gasteiger partial charge on any atom is -0.277 e. The molecule has 0 aliphatic heterocycles. The SMILES string of the molecule is CSc1cc(Cl)cc(NN=C(Cl)c2ccccc2)c1. The maximum Gasteiger partial charge on any atom is 0.156 e. The first-order valence-corrected chi connectivity index (χ1v) is 7.56. The van der Waals surface area contributed by atoms with Gasteiger partial charge in [-0.1, -0.05) is 53.5 Å². The molecule has 0 aliphatic rings. The smallest absolute Gasteiger partial charge is 0.156 e. The van der Waals surface area contributed by atoms with Gasteiger partial charge >= 0.3 is 0 Å². The highest BCUT2D eigenvalue weighted by atomic mass is 35.5. The Bertz CT molecular complexity index is 585. The van der Waals surface area contributed by atoms with Gasteiger partial charge in [-0.3, -0.25) is 5.43 Å². The van der Waals surface area contributed by atoms with E-state index in [0.29, 0.717) is 10.2 Å². The summed E-state index contributed by atoms with van der Waals surface area (Å²) in [5, 5.41) is 5.22. The van der Waals surface area contributed by atoms with Crippen LogP contribution in [0.3, 0.4) is 0 Å². The lowest BCUT2D eigenvalue weighted by atomic mass is 10.2. The maximum absolute atomic E-state index is 6.12. The molecule has 0 radical (unpaired) electrons. The summed E-state index contributed by atoms with van der Waals surface area (Å²) in [6.07, 6.45) is 2.00. The fourth-order valence-corrected chi connectivity index (χ4v) is 2.46. The molecule has 19 heavy (non-hydrogen) atoms. The molecule has 0 saturated heterocycles. The molecule has 0 atom stereocenters. The minimum absolute atomic E-state index is 0.409. The van der Waals surface area contributed by atoms with Gasteiger partial charge in [0.05, 0.1) is 5.69 Å². The first-order valence-electron chi connectivity index (χ1n) is 5.58. The summed E-state index contributed by atoms with van der Waals surface area (Å²) in [6.45, 7) is 0. The van der Waals surface area contributed by atoms with Crippen LogP contribution >= 0.6 is 35.0 Å². The molecular weight excluding hydrogens is 299 g/mol. The number of hydrogen-bond acceptors (Lipinski definition) is 3. The third-order valence-corrected chi connectivity index (χ3v) is 3.63. The fraction of sp³-hybridized carbons (Fsp3) is 0.0714. The molecule has 0 aromatic heterocycles. The van der Waals surface area contributed by atoms with Crippen molar-refractivity contribution in [1.29, 1.82) is 0 Å². The van der Waals surface area contributed by atoms with Crippen LogP contribution in [0.4, 0.5) is 5.69 Å². The van der Waals surface area contributed by atoms with E-state index in [4.69, 9.17) is 23.2 Å². The Labute approximate surface area is 126 Å². The standard InChI is InChI=1S/C14H12Cl2N2S/c1-19-13-8-11(15)7-12(9-13)17-18-14(16)10-5-3-2-4-6-10/h2-9,17H,1H3. The second kappa shape index (κ2) is 6.85. The van der Waals surface area contributed by atoms with Crippen LogP contribution in [0, 0.1) is 0 Å². The number of halogens is 2. The summed E-state index contributed by atoms with van der Waals surface area (Å²) in [4.78, 5) is 1.07. The molecule has 2 aromatic carbocycles. The predicted molar refractivity (Wildman–Crippen MR) is 85.7 cm³/mol. The molecule has 0 heterocycles. The molecule has 0 amide bonds. The topological polar surface area (TPSA) is 24.4 Å². The molecule has 5 heteroatoms. The van der Waals surface area contributed by atoms with Gasteiger partial charge in [-0.2, -0.15) is 5.10 Å². The molecule has 0 spiro atoms. The predicted octanol–water partition coefficient (Wildman–Crippen LogP) is 5.07. The summed E-state index contributed by atoms with van der Waals surface area (Å²) < 4.78 is 0. The monoisotopic (exact) mass is 310 g/mol. The normalized spacial score (nSPS) is 11.4. The molecule has 0 saturated carbocycles. The van der Waals surface area contributed by atoms with Crippen molar-refractivity contribution in [3.63, 3.8) is 0 Å². The van der Waals surface area contributed by atoms with E-state index in [0.717, 1.165) is 16.1 Å². The molecule has 98 valence electrons. The number of rotatable bonds is 4. The lowest BCUT2D eigenvalue weighted by molar-refractivity contribution is 1.32. The zero-order valence-corrected chi connectivity index (χ0v) is 12.6. The van der Waals surface area contributed by atoms with Crippen molar-refractivity contribution in [2.75, 3.05) is 11.7 Å². The van der Waals surface area contributed by atoms with E-state index in [1.165, 1.54) is 0 Å². The minimum atomic E-state index is 0.409. The van der Waals surface area contributed by atoms with E-state index in [1.54, 1.807) is 17.8 Å². The van der Waals surface area contributed by atoms with Crippen molar-refractivity contribution in [3.05, 3.63) is 59.1 Å². The van der Waals surface area contributed by atoms with E-state index in [-0.39, 0.29) is 0 Å². The van der Waals surface area contributed by atoms with Gasteiger partial charge in [-0.15, -0.1) is 11.8 Å². The first-order chi connectivity index (χ1) is 9.19. The summed E-state index contributed by atoms with van der Waals surface area (Å²) in [6, 6.07) is 15.2. The van der Waals surface area contributed by atoms with E-state index in [9.17, 15) is 0 Å². The lowest BCUT2D eigenvalue weighted by Gasteiger charge is -2.05. The van der Waals surface area contributed by atoms with E-state index in [2.05, 4.69) is 10.5 Å². The van der Waals surface area contributed by atoms with Crippen LogP contribution in [0.2, 0.25) is 5.02 Å². The molecule has 0 aliphatic carbocycles. The zero-order valence-electron chi connectivity index (χ0n) is 10.2. The fourth-order valence-electron chi connectivity index (χ4n) is 1.50. The van der Waals surface area contributed by atoms with Gasteiger partial charge in [-0.05, 0) is 24.5 Å². The van der Waals surface area contributed by atoms with Crippen LogP contribution in [0.15, 0.2) is 58.5 Å². The molecule has 0 bridgehead atoms. The van der Waals surface area contributed by atoms with Gasteiger partial charge in [-0.25, -0.2) is 0 Å². The van der Waals surface area contributed by atoms with Gasteiger partial charge in [0.15, 0.2) is 5.17 Å². The first kappa shape index (κ1) is 14.3. The number of nitrogens with one attached hydrogen (secondary N) is 1. The average Bonchev–Trinajstić information content (AvgIpc) is 2.45. The zero-order chi connectivity index (χ0) is 13.7. The summed E-state index contributed by atoms with van der Waals surface area (Å²) in [5.74, 6) is 0. The summed E-state index contributed by atoms with van der Waals surface area (Å²) in [5.41, 5.74) is 4.59. The Morgan fingerprint density at radius 2 is 1.89 bits per heavy atom. The highest BCUT2D eigenvalue weighted by Crippen LogP contribution is 2.25. The molecule has 0 unspecified atom stereocenters. The van der Waals surface area contributed by atoms with Crippen molar-refractivity contribution in [2.24, 2.45) is 5.10 Å². The molecule has 2 rings (SSSR count). The molecule has 0 fully saturated rings. The molecule has 2 aromatic rings. The van der Waals surface area contributed by atoms with Gasteiger partial charge in [0, 0.05) is 15.5 Å². The number of benzene rings is 2. The van der Waals surface area contributed by atoms with E-state index in [1.807, 2.05) is 48.7 Å². The van der Waals surface area contributed by atoms with Crippen molar-refractivity contribution < 1.29 is 0 Å². The highest BCUT2D eigenvalue weighted by Gasteiger charge is 2.00. The van der Waals surface area contributed by atoms with Gasteiger partial charge < -0.3 is 0 Å². The average molecular weight is 311 g/mol. The van der Waals surface area contributed by atoms with Crippen molar-refractivity contribution >= 4 is 45.8 Å². The second-order valence-corrected chi connectivity index (χ2v) is 5.43. The summed E-state index contributed by atoms with van der Waals surface area (Å²) in [7, 11) is 0. The van der Waals surface area contributed by atoms with Crippen LogP contribution in [-0.4, -0.2) is 11.4 Å². The number of hydrogen-bond donors (Lipinski definition) is 1. The summed E-state index contributed by atoms with van der Waals surface area (Å²) >= 11 is 13.8. The third kappa shape index (κ3) is 4.16. The Kier molecular flexibility index (Phi) is 5.14. The van der Waals surface area contributed by atoms with Crippen molar-refractivity contribution in [3.8, 4) is 0 Å². The maximum atomic E-state index is 6.12. The van der Waals surface area contributed by atoms with Crippen molar-refractivity contribution in [2.45, 2.75) is 4.90 Å². The van der Waals surface area contributed by atoms with Crippen LogP contribution in [0.5, 0.6) is 0 Å². The Hall–Kier alpha value is -1.16. The van der Waals surface area contributed by atoms with E-state index >= 15 is 0 Å². The number of nitrogens with zero attached hydrogens (tertiary/aromatic N) is 1. The van der Waals surface area contributed by atoms with Crippen LogP contribution in [0.25, 0.3) is 0 Å². The molecular formula is C14H12Cl2N2S. The number of hydrazone groups is 1. The molecule has 2 nitrogen and oxygen atoms in total. The second-order valence-electron chi connectivity index (χ2n) is 3.76. The quantitative estimate of drug-likeness (QED) is 0.484. The van der Waals surface area contributed by atoms with Crippen molar-refractivity contribution in [1.82, 2.24) is 0 Å². The largest absolute Gasteiger partial charge is 0.277 e. The van der Waals surface area contributed by atoms with E-state index < -0.39 is 0 Å².